The molecule has 1 heterocycles. The van der Waals surface area contributed by atoms with Crippen molar-refractivity contribution >= 4 is 0 Å². The summed E-state index contributed by atoms with van der Waals surface area (Å²) in [4.78, 5) is 0. The lowest BCUT2D eigenvalue weighted by molar-refractivity contribution is -0.206. The maximum Gasteiger partial charge on any atom is 0.168 e. The molecular weight excluding hydrogens is 212 g/mol. The zero-order chi connectivity index (χ0) is 12.1. The fraction of sp³-hybridized carbons (Fsp3) is 1.00. The topological polar surface area (TPSA) is 18.5 Å². The Bertz CT molecular complexity index is 293. The number of ether oxygens (including phenoxy) is 2. The molecule has 0 aromatic carbocycles. The Kier molecular flexibility index (Phi) is 2.79. The first-order valence-electron chi connectivity index (χ1n) is 7.33. The third kappa shape index (κ3) is 1.84. The Morgan fingerprint density at radius 1 is 1.06 bits per heavy atom. The van der Waals surface area contributed by atoms with Crippen molar-refractivity contribution in [1.29, 1.82) is 0 Å². The largest absolute Gasteiger partial charge is 0.348 e. The van der Waals surface area contributed by atoms with Crippen LogP contribution in [0.1, 0.15) is 52.9 Å². The average Bonchev–Trinajstić information content (AvgIpc) is 2.85. The molecule has 3 aliphatic rings. The van der Waals surface area contributed by atoms with Crippen molar-refractivity contribution in [2.45, 2.75) is 58.7 Å². The lowest BCUT2D eigenvalue weighted by Gasteiger charge is -2.46. The first-order chi connectivity index (χ1) is 8.05. The first-order valence-corrected chi connectivity index (χ1v) is 7.33. The van der Waals surface area contributed by atoms with E-state index in [0.29, 0.717) is 5.41 Å². The molecule has 1 aliphatic heterocycles. The highest BCUT2D eigenvalue weighted by Crippen LogP contribution is 2.59. The molecule has 2 aliphatic carbocycles. The quantitative estimate of drug-likeness (QED) is 0.695. The molecule has 17 heavy (non-hydrogen) atoms. The van der Waals surface area contributed by atoms with Crippen LogP contribution in [0.2, 0.25) is 0 Å². The summed E-state index contributed by atoms with van der Waals surface area (Å²) >= 11 is 0. The Balaban J connectivity index is 1.81. The average molecular weight is 238 g/mol. The van der Waals surface area contributed by atoms with Crippen LogP contribution in [0.3, 0.4) is 0 Å². The Morgan fingerprint density at radius 3 is 2.41 bits per heavy atom. The van der Waals surface area contributed by atoms with Crippen LogP contribution in [0.15, 0.2) is 0 Å². The van der Waals surface area contributed by atoms with Gasteiger partial charge in [0.2, 0.25) is 0 Å². The zero-order valence-electron chi connectivity index (χ0n) is 11.5. The van der Waals surface area contributed by atoms with Crippen LogP contribution < -0.4 is 0 Å². The van der Waals surface area contributed by atoms with Gasteiger partial charge in [0.15, 0.2) is 5.79 Å². The van der Waals surface area contributed by atoms with Gasteiger partial charge in [0.1, 0.15) is 0 Å². The van der Waals surface area contributed by atoms with E-state index in [1.807, 2.05) is 0 Å². The molecule has 0 aromatic heterocycles. The Hall–Kier alpha value is -0.0800. The molecule has 3 fully saturated rings. The van der Waals surface area contributed by atoms with Crippen molar-refractivity contribution < 1.29 is 9.47 Å². The monoisotopic (exact) mass is 238 g/mol. The van der Waals surface area contributed by atoms with E-state index in [0.717, 1.165) is 43.8 Å². The van der Waals surface area contributed by atoms with E-state index in [1.165, 1.54) is 19.3 Å². The predicted molar refractivity (Wildman–Crippen MR) is 67.6 cm³/mol. The number of hydrogen-bond donors (Lipinski definition) is 0. The van der Waals surface area contributed by atoms with Gasteiger partial charge in [-0.1, -0.05) is 20.8 Å². The SMILES string of the molecule is CC(C)[C@@H]1CC[C@@]2(C)CCC3(C[C@H]12)OCCO3. The van der Waals surface area contributed by atoms with Crippen LogP contribution >= 0.6 is 0 Å². The molecule has 2 heteroatoms. The fourth-order valence-electron chi connectivity index (χ4n) is 4.58. The zero-order valence-corrected chi connectivity index (χ0v) is 11.5. The van der Waals surface area contributed by atoms with Gasteiger partial charge in [-0.05, 0) is 42.4 Å². The summed E-state index contributed by atoms with van der Waals surface area (Å²) in [5, 5.41) is 0. The molecule has 0 bridgehead atoms. The molecule has 3 rings (SSSR count). The van der Waals surface area contributed by atoms with Gasteiger partial charge in [-0.15, -0.1) is 0 Å². The molecule has 3 atom stereocenters. The summed E-state index contributed by atoms with van der Waals surface area (Å²) in [6.45, 7) is 8.87. The highest BCUT2D eigenvalue weighted by Gasteiger charge is 2.55. The fourth-order valence-corrected chi connectivity index (χ4v) is 4.58. The summed E-state index contributed by atoms with van der Waals surface area (Å²) in [5.41, 5.74) is 0.565. The van der Waals surface area contributed by atoms with Crippen molar-refractivity contribution in [3.05, 3.63) is 0 Å². The minimum atomic E-state index is -0.193. The third-order valence-electron chi connectivity index (χ3n) is 5.74. The lowest BCUT2D eigenvalue weighted by atomic mass is 9.64. The van der Waals surface area contributed by atoms with E-state index in [2.05, 4.69) is 20.8 Å². The molecule has 1 saturated heterocycles. The van der Waals surface area contributed by atoms with Gasteiger partial charge in [0.25, 0.3) is 0 Å². The van der Waals surface area contributed by atoms with E-state index >= 15 is 0 Å². The van der Waals surface area contributed by atoms with Gasteiger partial charge in [0, 0.05) is 12.8 Å². The maximum absolute atomic E-state index is 5.94. The minimum Gasteiger partial charge on any atom is -0.348 e. The summed E-state index contributed by atoms with van der Waals surface area (Å²) in [7, 11) is 0. The lowest BCUT2D eigenvalue weighted by Crippen LogP contribution is -2.44. The first kappa shape index (κ1) is 12.0. The molecule has 0 unspecified atom stereocenters. The van der Waals surface area contributed by atoms with Crippen molar-refractivity contribution in [2.75, 3.05) is 13.2 Å². The molecule has 0 radical (unpaired) electrons. The van der Waals surface area contributed by atoms with Crippen LogP contribution in [0.4, 0.5) is 0 Å². The van der Waals surface area contributed by atoms with Crippen LogP contribution in [0.25, 0.3) is 0 Å². The maximum atomic E-state index is 5.94. The second-order valence-electron chi connectivity index (χ2n) is 7.02. The van der Waals surface area contributed by atoms with E-state index in [9.17, 15) is 0 Å². The minimum absolute atomic E-state index is 0.193. The standard InChI is InChI=1S/C15H26O2/c1-11(2)12-4-5-14(3)6-7-15(10-13(12)14)16-8-9-17-15/h11-13H,4-10H2,1-3H3/t12-,13+,14-/m0/s1. The van der Waals surface area contributed by atoms with Gasteiger partial charge in [-0.3, -0.25) is 0 Å². The highest BCUT2D eigenvalue weighted by atomic mass is 16.7. The van der Waals surface area contributed by atoms with Crippen molar-refractivity contribution in [2.24, 2.45) is 23.2 Å². The number of fused-ring (bicyclic) bond motifs is 1. The van der Waals surface area contributed by atoms with Gasteiger partial charge < -0.3 is 9.47 Å². The van der Waals surface area contributed by atoms with Gasteiger partial charge in [0.05, 0.1) is 13.2 Å². The third-order valence-corrected chi connectivity index (χ3v) is 5.74. The van der Waals surface area contributed by atoms with Gasteiger partial charge in [-0.2, -0.15) is 0 Å². The normalized spacial score (nSPS) is 44.5. The second kappa shape index (κ2) is 3.96. The molecule has 2 nitrogen and oxygen atoms in total. The molecular formula is C15H26O2. The van der Waals surface area contributed by atoms with Gasteiger partial charge >= 0.3 is 0 Å². The molecule has 1 spiro atoms. The molecule has 0 N–H and O–H groups in total. The van der Waals surface area contributed by atoms with Crippen molar-refractivity contribution in [3.8, 4) is 0 Å². The molecule has 2 saturated carbocycles. The highest BCUT2D eigenvalue weighted by molar-refractivity contribution is 5.01. The predicted octanol–water partition coefficient (Wildman–Crippen LogP) is 3.60. The molecule has 98 valence electrons. The molecule has 0 amide bonds. The van der Waals surface area contributed by atoms with E-state index in [-0.39, 0.29) is 5.79 Å². The van der Waals surface area contributed by atoms with E-state index < -0.39 is 0 Å². The Morgan fingerprint density at radius 2 is 1.76 bits per heavy atom. The number of hydrogen-bond acceptors (Lipinski definition) is 2. The number of rotatable bonds is 1. The van der Waals surface area contributed by atoms with Crippen LogP contribution in [0, 0.1) is 23.2 Å². The van der Waals surface area contributed by atoms with E-state index in [1.54, 1.807) is 0 Å². The van der Waals surface area contributed by atoms with Crippen molar-refractivity contribution in [3.63, 3.8) is 0 Å². The smallest absolute Gasteiger partial charge is 0.168 e. The van der Waals surface area contributed by atoms with Gasteiger partial charge in [-0.25, -0.2) is 0 Å². The van der Waals surface area contributed by atoms with Crippen molar-refractivity contribution in [1.82, 2.24) is 0 Å². The summed E-state index contributed by atoms with van der Waals surface area (Å²) in [6.07, 6.45) is 6.38. The summed E-state index contributed by atoms with van der Waals surface area (Å²) < 4.78 is 11.9. The summed E-state index contributed by atoms with van der Waals surface area (Å²) in [5.74, 6) is 2.31. The van der Waals surface area contributed by atoms with E-state index in [4.69, 9.17) is 9.47 Å². The van der Waals surface area contributed by atoms with Crippen LogP contribution in [0.5, 0.6) is 0 Å². The van der Waals surface area contributed by atoms with Crippen LogP contribution in [-0.4, -0.2) is 19.0 Å². The summed E-state index contributed by atoms with van der Waals surface area (Å²) in [6, 6.07) is 0. The van der Waals surface area contributed by atoms with Crippen LogP contribution in [-0.2, 0) is 9.47 Å². The Labute approximate surface area is 105 Å². The molecule has 0 aromatic rings. The second-order valence-corrected chi connectivity index (χ2v) is 7.02.